The lowest BCUT2D eigenvalue weighted by Crippen LogP contribution is -2.17. The fraction of sp³-hybridized carbons (Fsp3) is 0.238. The van der Waals surface area contributed by atoms with Crippen molar-refractivity contribution < 1.29 is 4.42 Å². The predicted molar refractivity (Wildman–Crippen MR) is 94.5 cm³/mol. The number of nitrogens with one attached hydrogen (secondary N) is 1. The molecule has 1 atom stereocenters. The Hall–Kier alpha value is -2.32. The largest absolute Gasteiger partial charge is 0.469 e. The molecule has 0 aliphatic heterocycles. The second-order valence-electron chi connectivity index (χ2n) is 5.93. The Kier molecular flexibility index (Phi) is 5.28. The van der Waals surface area contributed by atoms with E-state index in [1.54, 1.807) is 6.26 Å². The molecule has 0 spiro atoms. The minimum atomic E-state index is 0.300. The monoisotopic (exact) mass is 305 g/mol. The molecule has 1 unspecified atom stereocenters. The fourth-order valence-corrected chi connectivity index (χ4v) is 2.84. The average Bonchev–Trinajstić information content (AvgIpc) is 3.11. The van der Waals surface area contributed by atoms with E-state index in [1.807, 2.05) is 12.1 Å². The van der Waals surface area contributed by atoms with Gasteiger partial charge in [0.15, 0.2) is 0 Å². The van der Waals surface area contributed by atoms with E-state index in [-0.39, 0.29) is 0 Å². The first kappa shape index (κ1) is 15.6. The van der Waals surface area contributed by atoms with Crippen LogP contribution in [0, 0.1) is 6.92 Å². The molecule has 0 fully saturated rings. The van der Waals surface area contributed by atoms with Gasteiger partial charge in [-0.15, -0.1) is 0 Å². The van der Waals surface area contributed by atoms with Gasteiger partial charge in [-0.25, -0.2) is 0 Å². The lowest BCUT2D eigenvalue weighted by molar-refractivity contribution is 0.466. The van der Waals surface area contributed by atoms with Crippen LogP contribution in [0.25, 0.3) is 0 Å². The van der Waals surface area contributed by atoms with Gasteiger partial charge in [-0.1, -0.05) is 60.2 Å². The Morgan fingerprint density at radius 3 is 2.39 bits per heavy atom. The Morgan fingerprint density at radius 1 is 0.913 bits per heavy atom. The van der Waals surface area contributed by atoms with Gasteiger partial charge in [-0.3, -0.25) is 0 Å². The maximum atomic E-state index is 5.67. The maximum Gasteiger partial charge on any atom is 0.111 e. The van der Waals surface area contributed by atoms with E-state index >= 15 is 0 Å². The number of hydrogen-bond acceptors (Lipinski definition) is 2. The predicted octanol–water partition coefficient (Wildman–Crippen LogP) is 4.90. The summed E-state index contributed by atoms with van der Waals surface area (Å²) in [5.74, 6) is 1.34. The van der Waals surface area contributed by atoms with E-state index in [4.69, 9.17) is 4.42 Å². The van der Waals surface area contributed by atoms with E-state index in [1.165, 1.54) is 16.7 Å². The number of benzene rings is 2. The molecule has 1 N–H and O–H groups in total. The van der Waals surface area contributed by atoms with Gasteiger partial charge < -0.3 is 9.73 Å². The van der Waals surface area contributed by atoms with Gasteiger partial charge in [0, 0.05) is 12.5 Å². The van der Waals surface area contributed by atoms with Gasteiger partial charge in [-0.05, 0) is 43.1 Å². The Bertz CT molecular complexity index is 686. The van der Waals surface area contributed by atoms with Crippen LogP contribution >= 0.6 is 0 Å². The second-order valence-corrected chi connectivity index (χ2v) is 5.93. The van der Waals surface area contributed by atoms with Crippen molar-refractivity contribution in [3.63, 3.8) is 0 Å². The zero-order valence-corrected chi connectivity index (χ0v) is 13.5. The molecule has 3 aromatic rings. The summed E-state index contributed by atoms with van der Waals surface area (Å²) in [5, 5.41) is 3.53. The van der Waals surface area contributed by atoms with Gasteiger partial charge in [0.25, 0.3) is 0 Å². The van der Waals surface area contributed by atoms with Crippen molar-refractivity contribution in [2.24, 2.45) is 0 Å². The van der Waals surface area contributed by atoms with Crippen LogP contribution < -0.4 is 5.32 Å². The van der Waals surface area contributed by atoms with Gasteiger partial charge in [-0.2, -0.15) is 0 Å². The van der Waals surface area contributed by atoms with E-state index in [0.29, 0.717) is 5.92 Å². The highest BCUT2D eigenvalue weighted by atomic mass is 16.3. The Labute approximate surface area is 138 Å². The number of aryl methyl sites for hydroxylation is 1. The van der Waals surface area contributed by atoms with Crippen molar-refractivity contribution in [2.75, 3.05) is 6.54 Å². The molecule has 0 saturated heterocycles. The zero-order valence-electron chi connectivity index (χ0n) is 13.5. The molecule has 2 nitrogen and oxygen atoms in total. The van der Waals surface area contributed by atoms with Gasteiger partial charge in [0.05, 0.1) is 6.26 Å². The topological polar surface area (TPSA) is 25.2 Å². The second kappa shape index (κ2) is 7.80. The number of furan rings is 1. The highest BCUT2D eigenvalue weighted by Gasteiger charge is 2.16. The van der Waals surface area contributed by atoms with Crippen molar-refractivity contribution in [3.05, 3.63) is 95.4 Å². The molecule has 118 valence electrons. The standard InChI is InChI=1S/C21H23NO/c1-17-9-11-19(12-10-17)20(21-8-5-15-23-21)13-14-22-16-18-6-3-2-4-7-18/h2-12,15,20,22H,13-14,16H2,1H3. The molecule has 2 aromatic carbocycles. The molecule has 1 aromatic heterocycles. The Morgan fingerprint density at radius 2 is 1.70 bits per heavy atom. The minimum Gasteiger partial charge on any atom is -0.469 e. The minimum absolute atomic E-state index is 0.300. The number of rotatable bonds is 7. The maximum absolute atomic E-state index is 5.67. The summed E-state index contributed by atoms with van der Waals surface area (Å²) in [6.07, 6.45) is 2.78. The van der Waals surface area contributed by atoms with Crippen molar-refractivity contribution in [1.82, 2.24) is 5.32 Å². The highest BCUT2D eigenvalue weighted by Crippen LogP contribution is 2.28. The molecular formula is C21H23NO. The first-order chi connectivity index (χ1) is 11.3. The average molecular weight is 305 g/mol. The van der Waals surface area contributed by atoms with E-state index in [0.717, 1.165) is 25.3 Å². The summed E-state index contributed by atoms with van der Waals surface area (Å²) in [6, 6.07) is 23.3. The van der Waals surface area contributed by atoms with Crippen LogP contribution in [0.15, 0.2) is 77.4 Å². The molecule has 3 rings (SSSR count). The summed E-state index contributed by atoms with van der Waals surface area (Å²) < 4.78 is 5.67. The third kappa shape index (κ3) is 4.33. The van der Waals surface area contributed by atoms with Crippen LogP contribution in [-0.2, 0) is 6.54 Å². The molecule has 2 heteroatoms. The van der Waals surface area contributed by atoms with Crippen LogP contribution in [0.3, 0.4) is 0 Å². The summed E-state index contributed by atoms with van der Waals surface area (Å²) >= 11 is 0. The SMILES string of the molecule is Cc1ccc(C(CCNCc2ccccc2)c2ccco2)cc1. The summed E-state index contributed by atoms with van der Waals surface area (Å²) in [7, 11) is 0. The molecule has 0 aliphatic rings. The van der Waals surface area contributed by atoms with E-state index in [9.17, 15) is 0 Å². The fourth-order valence-electron chi connectivity index (χ4n) is 2.84. The smallest absolute Gasteiger partial charge is 0.111 e. The van der Waals surface area contributed by atoms with E-state index < -0.39 is 0 Å². The van der Waals surface area contributed by atoms with Crippen molar-refractivity contribution in [2.45, 2.75) is 25.8 Å². The summed E-state index contributed by atoms with van der Waals surface area (Å²) in [4.78, 5) is 0. The third-order valence-corrected chi connectivity index (χ3v) is 4.15. The highest BCUT2D eigenvalue weighted by molar-refractivity contribution is 5.30. The quantitative estimate of drug-likeness (QED) is 0.628. The lowest BCUT2D eigenvalue weighted by atomic mass is 9.92. The van der Waals surface area contributed by atoms with Crippen LogP contribution in [0.1, 0.15) is 34.8 Å². The first-order valence-electron chi connectivity index (χ1n) is 8.17. The number of hydrogen-bond donors (Lipinski definition) is 1. The Balaban J connectivity index is 1.62. The summed E-state index contributed by atoms with van der Waals surface area (Å²) in [6.45, 7) is 3.97. The molecule has 23 heavy (non-hydrogen) atoms. The molecule has 0 amide bonds. The normalized spacial score (nSPS) is 12.2. The van der Waals surface area contributed by atoms with Gasteiger partial charge in [0.1, 0.15) is 5.76 Å². The molecule has 0 bridgehead atoms. The first-order valence-corrected chi connectivity index (χ1v) is 8.17. The van der Waals surface area contributed by atoms with Crippen LogP contribution in [0.5, 0.6) is 0 Å². The third-order valence-electron chi connectivity index (χ3n) is 4.15. The summed E-state index contributed by atoms with van der Waals surface area (Å²) in [5.41, 5.74) is 3.92. The van der Waals surface area contributed by atoms with Crippen LogP contribution in [-0.4, -0.2) is 6.54 Å². The lowest BCUT2D eigenvalue weighted by Gasteiger charge is -2.16. The van der Waals surface area contributed by atoms with E-state index in [2.05, 4.69) is 66.8 Å². The molecule has 0 saturated carbocycles. The van der Waals surface area contributed by atoms with Crippen LogP contribution in [0.2, 0.25) is 0 Å². The molecule has 1 heterocycles. The molecule has 0 radical (unpaired) electrons. The molecular weight excluding hydrogens is 282 g/mol. The zero-order chi connectivity index (χ0) is 15.9. The van der Waals surface area contributed by atoms with Gasteiger partial charge in [0.2, 0.25) is 0 Å². The van der Waals surface area contributed by atoms with Crippen molar-refractivity contribution in [1.29, 1.82) is 0 Å². The van der Waals surface area contributed by atoms with Crippen LogP contribution in [0.4, 0.5) is 0 Å². The molecule has 0 aliphatic carbocycles. The van der Waals surface area contributed by atoms with Crippen molar-refractivity contribution in [3.8, 4) is 0 Å². The van der Waals surface area contributed by atoms with Crippen molar-refractivity contribution >= 4 is 0 Å². The van der Waals surface area contributed by atoms with Gasteiger partial charge >= 0.3 is 0 Å².